The van der Waals surface area contributed by atoms with Crippen LogP contribution in [0.5, 0.6) is 0 Å². The summed E-state index contributed by atoms with van der Waals surface area (Å²) in [6.45, 7) is 16.0. The Hall–Kier alpha value is -13.1. The minimum absolute atomic E-state index is 0.327. The Labute approximate surface area is 716 Å². The van der Waals surface area contributed by atoms with Crippen molar-refractivity contribution >= 4 is 110 Å². The van der Waals surface area contributed by atoms with Gasteiger partial charge in [-0.2, -0.15) is 0 Å². The maximum Gasteiger partial charge on any atom is 0.216 e. The molecule has 0 N–H and O–H groups in total. The zero-order valence-corrected chi connectivity index (χ0v) is 71.2. The van der Waals surface area contributed by atoms with E-state index in [9.17, 15) is 0 Å². The van der Waals surface area contributed by atoms with E-state index in [2.05, 4.69) is 198 Å². The van der Waals surface area contributed by atoms with Gasteiger partial charge in [-0.15, -0.1) is 0 Å². The van der Waals surface area contributed by atoms with Crippen LogP contribution in [0.2, 0.25) is 0 Å². The van der Waals surface area contributed by atoms with Crippen molar-refractivity contribution in [2.45, 2.75) is 127 Å². The van der Waals surface area contributed by atoms with Gasteiger partial charge >= 0.3 is 0 Å². The van der Waals surface area contributed by atoms with E-state index in [1.165, 1.54) is 45.1 Å². The van der Waals surface area contributed by atoms with Crippen LogP contribution in [0.15, 0.2) is 290 Å². The molecular weight excluding hydrogens is 1470 g/mol. The first-order valence-corrected chi connectivity index (χ1v) is 41.5. The molecule has 0 saturated heterocycles. The highest BCUT2D eigenvalue weighted by atomic mass is 16.3. The Balaban J connectivity index is 0.000000113. The fraction of sp³-hybridized carbons (Fsp3) is 0.227. The Bertz CT molecular complexity index is 7780. The molecule has 21 rings (SSSR count). The normalized spacial score (nSPS) is 14.2. The number of pyridine rings is 5. The van der Waals surface area contributed by atoms with Crippen LogP contribution in [-0.4, -0.2) is 0 Å². The van der Waals surface area contributed by atoms with E-state index in [1.54, 1.807) is 18.5 Å². The first kappa shape index (κ1) is 69.0. The zero-order chi connectivity index (χ0) is 91.2. The maximum atomic E-state index is 9.06. The molecule has 0 aliphatic heterocycles. The lowest BCUT2D eigenvalue weighted by atomic mass is 9.84. The van der Waals surface area contributed by atoms with Gasteiger partial charge < -0.3 is 22.1 Å². The highest BCUT2D eigenvalue weighted by Gasteiger charge is 2.29. The number of rotatable bonds is 7. The molecule has 1 fully saturated rings. The largest absolute Gasteiger partial charge is 0.455 e. The molecule has 598 valence electrons. The van der Waals surface area contributed by atoms with Crippen LogP contribution in [0.4, 0.5) is 0 Å². The summed E-state index contributed by atoms with van der Waals surface area (Å²) in [5.74, 6) is -0.461. The van der Waals surface area contributed by atoms with Gasteiger partial charge in [-0.1, -0.05) is 192 Å². The summed E-state index contributed by atoms with van der Waals surface area (Å²) >= 11 is 0. The summed E-state index contributed by atoms with van der Waals surface area (Å²) in [5.41, 5.74) is 29.1. The molecule has 10 nitrogen and oxygen atoms in total. The molecule has 120 heavy (non-hydrogen) atoms. The number of hydrogen-bond acceptors (Lipinski definition) is 5. The number of aryl methyl sites for hydroxylation is 14. The lowest BCUT2D eigenvalue weighted by molar-refractivity contribution is -0.660. The lowest BCUT2D eigenvalue weighted by Crippen LogP contribution is -2.31. The van der Waals surface area contributed by atoms with Crippen molar-refractivity contribution in [1.29, 1.82) is 0 Å². The third kappa shape index (κ3) is 15.3. The molecule has 1 aliphatic rings. The van der Waals surface area contributed by atoms with Crippen LogP contribution in [0.3, 0.4) is 0 Å². The number of hydrogen-bond donors (Lipinski definition) is 0. The second-order valence-electron chi connectivity index (χ2n) is 33.5. The van der Waals surface area contributed by atoms with Gasteiger partial charge in [0.25, 0.3) is 0 Å². The van der Waals surface area contributed by atoms with Crippen molar-refractivity contribution in [3.8, 4) is 56.3 Å². The van der Waals surface area contributed by atoms with Gasteiger partial charge in [0.2, 0.25) is 28.5 Å². The van der Waals surface area contributed by atoms with Crippen LogP contribution >= 0.6 is 0 Å². The average molecular weight is 1590 g/mol. The highest BCUT2D eigenvalue weighted by Crippen LogP contribution is 2.44. The molecule has 0 radical (unpaired) electrons. The average Bonchev–Trinajstić information content (AvgIpc) is 1.69. The molecule has 1 saturated carbocycles. The maximum absolute atomic E-state index is 9.06. The second kappa shape index (κ2) is 32.7. The lowest BCUT2D eigenvalue weighted by Gasteiger charge is -2.21. The zero-order valence-electron chi connectivity index (χ0n) is 80.2. The summed E-state index contributed by atoms with van der Waals surface area (Å²) < 4.78 is 114. The van der Waals surface area contributed by atoms with E-state index in [-0.39, 0.29) is 0 Å². The minimum Gasteiger partial charge on any atom is -0.455 e. The van der Waals surface area contributed by atoms with Crippen LogP contribution in [0.1, 0.15) is 132 Å². The van der Waals surface area contributed by atoms with E-state index in [0.29, 0.717) is 16.7 Å². The highest BCUT2D eigenvalue weighted by molar-refractivity contribution is 6.14. The van der Waals surface area contributed by atoms with Crippen molar-refractivity contribution in [2.75, 3.05) is 0 Å². The number of nitrogens with zero attached hydrogens (tertiary/aromatic N) is 5. The molecule has 1 aliphatic carbocycles. The molecule has 10 aromatic carbocycles. The molecule has 0 amide bonds. The van der Waals surface area contributed by atoms with Crippen LogP contribution in [0, 0.1) is 67.6 Å². The molecule has 0 bridgehead atoms. The summed E-state index contributed by atoms with van der Waals surface area (Å²) in [4.78, 5) is 0. The van der Waals surface area contributed by atoms with Gasteiger partial charge in [-0.25, -0.2) is 22.8 Å². The Morgan fingerprint density at radius 3 is 1.05 bits per heavy atom. The number of benzene rings is 10. The Morgan fingerprint density at radius 2 is 0.667 bits per heavy atom. The van der Waals surface area contributed by atoms with Crippen molar-refractivity contribution in [2.24, 2.45) is 40.7 Å². The first-order valence-electron chi connectivity index (χ1n) is 46.0. The third-order valence-electron chi connectivity index (χ3n) is 23.7. The smallest absolute Gasteiger partial charge is 0.216 e. The molecule has 10 heterocycles. The molecule has 10 aromatic heterocycles. The predicted molar refractivity (Wildman–Crippen MR) is 493 cm³/mol. The van der Waals surface area contributed by atoms with E-state index in [1.807, 2.05) is 179 Å². The van der Waals surface area contributed by atoms with Crippen LogP contribution < -0.4 is 22.8 Å². The number of furan rings is 5. The number of para-hydroxylation sites is 5. The van der Waals surface area contributed by atoms with Crippen molar-refractivity contribution in [3.05, 3.63) is 329 Å². The van der Waals surface area contributed by atoms with Crippen molar-refractivity contribution in [1.82, 2.24) is 0 Å². The summed E-state index contributed by atoms with van der Waals surface area (Å²) in [5, 5.41) is 11.1. The molecular formula is C110H108N5O5+5. The van der Waals surface area contributed by atoms with E-state index < -0.39 is 31.4 Å². The Morgan fingerprint density at radius 1 is 0.317 bits per heavy atom. The second-order valence-corrected chi connectivity index (χ2v) is 33.5. The van der Waals surface area contributed by atoms with E-state index in [0.717, 1.165) is 197 Å². The van der Waals surface area contributed by atoms with E-state index in [4.69, 9.17) is 34.4 Å². The fourth-order valence-corrected chi connectivity index (χ4v) is 17.5. The summed E-state index contributed by atoms with van der Waals surface area (Å²) in [7, 11) is 9.90. The quantitative estimate of drug-likeness (QED) is 0.148. The molecule has 0 spiro atoms. The fourth-order valence-electron chi connectivity index (χ4n) is 17.5. The molecule has 0 unspecified atom stereocenters. The van der Waals surface area contributed by atoms with E-state index >= 15 is 0 Å². The van der Waals surface area contributed by atoms with Crippen LogP contribution in [-0.2, 0) is 41.6 Å². The van der Waals surface area contributed by atoms with Crippen molar-refractivity contribution < 1.29 is 57.3 Å². The molecule has 0 atom stereocenters. The van der Waals surface area contributed by atoms with Crippen molar-refractivity contribution in [3.63, 3.8) is 0 Å². The predicted octanol–water partition coefficient (Wildman–Crippen LogP) is 26.8. The van der Waals surface area contributed by atoms with Gasteiger partial charge in [-0.05, 0) is 179 Å². The Kier molecular flexibility index (Phi) is 18.8. The molecule has 20 aromatic rings. The summed E-state index contributed by atoms with van der Waals surface area (Å²) in [6.07, 6.45) is 13.5. The van der Waals surface area contributed by atoms with Gasteiger partial charge in [0, 0.05) is 126 Å². The standard InChI is InChI=1S/C25H26NO.C24H26NO.C21H20NO.2C20H18NO/c1-17-12-13-21-20-10-6-7-11-23(20)27-25(21)24(17)22-16-19(14-15-26(22)2)18-8-4-3-5-9-18;1-16-10-11-19-18-8-6-7-9-21(18)26-23(19)22(16)20-14-17(12-13-25(20)5)15-24(2,3)4;1-13-9-10-17-16-7-5-6-8-19(16)23-21(17)20(13)18-11-14(2)15(3)12-22(18)4;1-13-8-11-17(21(3)12-13)19-14(2)9-10-16-15-6-4-5-7-18(15)22-20(16)19;1-13-10-11-21(3)17(12-13)19-14(2)8-9-16-15-6-4-5-7-18(15)22-20(16)19/h6-7,10-16,18H,3-5,8-9H2,1-2H3;6-14H,15H2,1-5H3;5-12H,1-4H3;2*4-12H,1-3H3/q5*+1/i18D;15D2;3D3;1D3;. The number of aromatic nitrogens is 5. The van der Waals surface area contributed by atoms with Crippen LogP contribution in [0.25, 0.3) is 166 Å². The summed E-state index contributed by atoms with van der Waals surface area (Å²) in [6, 6.07) is 79.8. The number of fused-ring (bicyclic) bond motifs is 15. The van der Waals surface area contributed by atoms with Gasteiger partial charge in [0.15, 0.2) is 31.0 Å². The van der Waals surface area contributed by atoms with Gasteiger partial charge in [0.05, 0.1) is 27.8 Å². The minimum atomic E-state index is -2.12. The monoisotopic (exact) mass is 1590 g/mol. The first-order chi connectivity index (χ1) is 61.5. The van der Waals surface area contributed by atoms with Gasteiger partial charge in [-0.3, -0.25) is 0 Å². The molecule has 10 heteroatoms. The van der Waals surface area contributed by atoms with Gasteiger partial charge in [0.1, 0.15) is 91.1 Å². The topological polar surface area (TPSA) is 85.1 Å². The third-order valence-corrected chi connectivity index (χ3v) is 23.7. The SMILES string of the molecule is Cc1cc[n+](C)c(-c2c(C)ccc3c2oc2ccccc23)c1.[2H]C([2H])([2H])c1c[n+](C)c(-c2c(C)ccc3c2oc2ccccc23)cc1C.[2H]C([2H])([2H])c1ccc(-c2c(C)ccc3c2oc2ccccc23)[n+](C)c1.[2H]C([2H])(c1cc[n+](C)c(-c2c(C)ccc3c2oc2ccccc23)c1)C(C)(C)C.[2H]C1(c2cc[n+](C)c(-c3c(C)ccc4c3oc3ccccc34)c2)CCCCC1.